The van der Waals surface area contributed by atoms with Crippen molar-refractivity contribution in [2.24, 2.45) is 5.92 Å². The van der Waals surface area contributed by atoms with Gasteiger partial charge in [0.25, 0.3) is 0 Å². The van der Waals surface area contributed by atoms with Crippen LogP contribution in [0.4, 0.5) is 8.78 Å². The molecule has 0 aromatic carbocycles. The lowest BCUT2D eigenvalue weighted by Crippen LogP contribution is -2.34. The number of fused-ring (bicyclic) bond motifs is 1. The molecular weight excluding hydrogens is 248 g/mol. The fourth-order valence-electron chi connectivity index (χ4n) is 3.51. The van der Waals surface area contributed by atoms with Gasteiger partial charge in [0.2, 0.25) is 5.92 Å². The van der Waals surface area contributed by atoms with Crippen molar-refractivity contribution in [1.29, 1.82) is 0 Å². The number of aryl methyl sites for hydroxylation is 1. The lowest BCUT2D eigenvalue weighted by atomic mass is 9.78. The standard InChI is InChI=1S/C15H19F2NO/c16-15(17)7-5-11(6-8-15)14(19)12-4-3-10-2-1-9-18-13(10)12/h1-2,9,11-12,14,19H,3-8H2. The van der Waals surface area contributed by atoms with Gasteiger partial charge in [0.05, 0.1) is 6.10 Å². The molecule has 2 unspecified atom stereocenters. The molecule has 1 N–H and O–H groups in total. The third-order valence-corrected chi connectivity index (χ3v) is 4.66. The first-order valence-electron chi connectivity index (χ1n) is 7.06. The number of pyridine rings is 1. The first kappa shape index (κ1) is 13.0. The van der Waals surface area contributed by atoms with Gasteiger partial charge in [-0.2, -0.15) is 0 Å². The Labute approximate surface area is 111 Å². The smallest absolute Gasteiger partial charge is 0.248 e. The van der Waals surface area contributed by atoms with Crippen molar-refractivity contribution in [3.8, 4) is 0 Å². The molecule has 4 heteroatoms. The second kappa shape index (κ2) is 4.82. The molecule has 2 nitrogen and oxygen atoms in total. The van der Waals surface area contributed by atoms with Crippen LogP contribution in [0.5, 0.6) is 0 Å². The third kappa shape index (κ3) is 2.50. The van der Waals surface area contributed by atoms with Gasteiger partial charge in [-0.15, -0.1) is 0 Å². The molecule has 3 rings (SSSR count). The highest BCUT2D eigenvalue weighted by Crippen LogP contribution is 2.43. The summed E-state index contributed by atoms with van der Waals surface area (Å²) in [6.45, 7) is 0. The summed E-state index contributed by atoms with van der Waals surface area (Å²) in [5, 5.41) is 10.5. The number of nitrogens with zero attached hydrogens (tertiary/aromatic N) is 1. The van der Waals surface area contributed by atoms with Crippen molar-refractivity contribution >= 4 is 0 Å². The second-order valence-electron chi connectivity index (χ2n) is 5.88. The van der Waals surface area contributed by atoms with Crippen LogP contribution in [0.3, 0.4) is 0 Å². The van der Waals surface area contributed by atoms with E-state index in [4.69, 9.17) is 0 Å². The van der Waals surface area contributed by atoms with Crippen LogP contribution >= 0.6 is 0 Å². The van der Waals surface area contributed by atoms with E-state index in [-0.39, 0.29) is 24.7 Å². The zero-order chi connectivity index (χ0) is 13.5. The van der Waals surface area contributed by atoms with Gasteiger partial charge in [0.15, 0.2) is 0 Å². The molecule has 0 radical (unpaired) electrons. The van der Waals surface area contributed by atoms with Crippen molar-refractivity contribution < 1.29 is 13.9 Å². The van der Waals surface area contributed by atoms with E-state index in [1.165, 1.54) is 5.56 Å². The Morgan fingerprint density at radius 2 is 2.00 bits per heavy atom. The minimum Gasteiger partial charge on any atom is -0.392 e. The summed E-state index contributed by atoms with van der Waals surface area (Å²) in [6.07, 6.45) is 3.73. The normalized spacial score (nSPS) is 28.1. The largest absolute Gasteiger partial charge is 0.392 e. The monoisotopic (exact) mass is 267 g/mol. The Morgan fingerprint density at radius 3 is 2.74 bits per heavy atom. The number of aliphatic hydroxyl groups is 1. The van der Waals surface area contributed by atoms with Crippen molar-refractivity contribution in [2.45, 2.75) is 56.5 Å². The van der Waals surface area contributed by atoms with Gasteiger partial charge in [0.1, 0.15) is 0 Å². The summed E-state index contributed by atoms with van der Waals surface area (Å²) in [5.74, 6) is -2.49. The van der Waals surface area contributed by atoms with Crippen molar-refractivity contribution in [1.82, 2.24) is 4.98 Å². The van der Waals surface area contributed by atoms with Crippen LogP contribution in [0.15, 0.2) is 18.3 Å². The van der Waals surface area contributed by atoms with Gasteiger partial charge in [0, 0.05) is 30.7 Å². The molecule has 1 fully saturated rings. The van der Waals surface area contributed by atoms with Gasteiger partial charge >= 0.3 is 0 Å². The summed E-state index contributed by atoms with van der Waals surface area (Å²) in [5.41, 5.74) is 2.18. The highest BCUT2D eigenvalue weighted by atomic mass is 19.3. The molecule has 1 aromatic rings. The molecular formula is C15H19F2NO. The number of aliphatic hydroxyl groups excluding tert-OH is 1. The fraction of sp³-hybridized carbons (Fsp3) is 0.667. The maximum atomic E-state index is 13.2. The molecule has 0 aliphatic heterocycles. The van der Waals surface area contributed by atoms with Crippen LogP contribution in [-0.4, -0.2) is 22.1 Å². The van der Waals surface area contributed by atoms with Gasteiger partial charge in [-0.05, 0) is 43.2 Å². The quantitative estimate of drug-likeness (QED) is 0.892. The number of aromatic nitrogens is 1. The van der Waals surface area contributed by atoms with Gasteiger partial charge in [-0.25, -0.2) is 8.78 Å². The Morgan fingerprint density at radius 1 is 1.26 bits per heavy atom. The first-order chi connectivity index (χ1) is 9.07. The van der Waals surface area contributed by atoms with Crippen LogP contribution in [0.25, 0.3) is 0 Å². The van der Waals surface area contributed by atoms with E-state index in [2.05, 4.69) is 4.98 Å². The molecule has 104 valence electrons. The molecule has 2 aliphatic carbocycles. The van der Waals surface area contributed by atoms with E-state index in [1.54, 1.807) is 6.20 Å². The predicted molar refractivity (Wildman–Crippen MR) is 68.2 cm³/mol. The second-order valence-corrected chi connectivity index (χ2v) is 5.88. The van der Waals surface area contributed by atoms with Gasteiger partial charge < -0.3 is 5.11 Å². The third-order valence-electron chi connectivity index (χ3n) is 4.66. The summed E-state index contributed by atoms with van der Waals surface area (Å²) >= 11 is 0. The zero-order valence-corrected chi connectivity index (χ0v) is 10.9. The lowest BCUT2D eigenvalue weighted by molar-refractivity contribution is -0.0655. The number of alkyl halides is 2. The van der Waals surface area contributed by atoms with E-state index >= 15 is 0 Å². The SMILES string of the molecule is OC(C1CCC(F)(F)CC1)C1CCc2cccnc21. The molecule has 0 amide bonds. The minimum atomic E-state index is -2.53. The number of halogens is 2. The van der Waals surface area contributed by atoms with Crippen LogP contribution < -0.4 is 0 Å². The van der Waals surface area contributed by atoms with Crippen LogP contribution in [-0.2, 0) is 6.42 Å². The van der Waals surface area contributed by atoms with E-state index in [0.717, 1.165) is 18.5 Å². The molecule has 2 atom stereocenters. The molecule has 1 aromatic heterocycles. The zero-order valence-electron chi connectivity index (χ0n) is 10.9. The minimum absolute atomic E-state index is 0.00224. The van der Waals surface area contributed by atoms with Gasteiger partial charge in [-0.1, -0.05) is 6.07 Å². The summed E-state index contributed by atoms with van der Waals surface area (Å²) in [4.78, 5) is 4.38. The highest BCUT2D eigenvalue weighted by molar-refractivity contribution is 5.29. The number of hydrogen-bond donors (Lipinski definition) is 1. The molecule has 0 spiro atoms. The van der Waals surface area contributed by atoms with Crippen LogP contribution in [0, 0.1) is 5.92 Å². The first-order valence-corrected chi connectivity index (χ1v) is 7.06. The number of hydrogen-bond acceptors (Lipinski definition) is 2. The molecule has 0 bridgehead atoms. The Balaban J connectivity index is 1.71. The Kier molecular flexibility index (Phi) is 3.29. The van der Waals surface area contributed by atoms with Crippen molar-refractivity contribution in [2.75, 3.05) is 0 Å². The maximum Gasteiger partial charge on any atom is 0.248 e. The highest BCUT2D eigenvalue weighted by Gasteiger charge is 2.41. The van der Waals surface area contributed by atoms with Gasteiger partial charge in [-0.3, -0.25) is 4.98 Å². The van der Waals surface area contributed by atoms with Crippen molar-refractivity contribution in [3.05, 3.63) is 29.6 Å². The summed E-state index contributed by atoms with van der Waals surface area (Å²) in [7, 11) is 0. The Bertz CT molecular complexity index is 453. The molecule has 19 heavy (non-hydrogen) atoms. The molecule has 1 saturated carbocycles. The van der Waals surface area contributed by atoms with E-state index < -0.39 is 12.0 Å². The average molecular weight is 267 g/mol. The molecule has 2 aliphatic rings. The number of rotatable bonds is 2. The predicted octanol–water partition coefficient (Wildman–Crippen LogP) is 3.30. The topological polar surface area (TPSA) is 33.1 Å². The van der Waals surface area contributed by atoms with E-state index in [0.29, 0.717) is 12.8 Å². The lowest BCUT2D eigenvalue weighted by Gasteiger charge is -2.33. The summed E-state index contributed by atoms with van der Waals surface area (Å²) < 4.78 is 26.3. The average Bonchev–Trinajstić information content (AvgIpc) is 2.82. The Hall–Kier alpha value is -1.03. The maximum absolute atomic E-state index is 13.2. The molecule has 0 saturated heterocycles. The van der Waals surface area contributed by atoms with Crippen LogP contribution in [0.1, 0.15) is 49.3 Å². The summed E-state index contributed by atoms with van der Waals surface area (Å²) in [6, 6.07) is 3.96. The van der Waals surface area contributed by atoms with Crippen LogP contribution in [0.2, 0.25) is 0 Å². The molecule has 1 heterocycles. The fourth-order valence-corrected chi connectivity index (χ4v) is 3.51. The van der Waals surface area contributed by atoms with E-state index in [9.17, 15) is 13.9 Å². The van der Waals surface area contributed by atoms with E-state index in [1.807, 2.05) is 12.1 Å². The van der Waals surface area contributed by atoms with Crippen molar-refractivity contribution in [3.63, 3.8) is 0 Å².